The number of carbonyl (C=O) groups is 1. The van der Waals surface area contributed by atoms with Gasteiger partial charge < -0.3 is 25.9 Å². The lowest BCUT2D eigenvalue weighted by Gasteiger charge is -2.19. The predicted octanol–water partition coefficient (Wildman–Crippen LogP) is -0.383. The molecular formula is C16H26N6O4. The second-order valence-electron chi connectivity index (χ2n) is 6.44. The number of H-pyrrole nitrogens is 1. The van der Waals surface area contributed by atoms with Crippen LogP contribution in [0.2, 0.25) is 0 Å². The van der Waals surface area contributed by atoms with E-state index in [0.717, 1.165) is 6.42 Å². The fraction of sp³-hybridized carbons (Fsp3) is 0.625. The smallest absolute Gasteiger partial charge is 0.323 e. The van der Waals surface area contributed by atoms with Crippen molar-refractivity contribution in [1.29, 1.82) is 0 Å². The van der Waals surface area contributed by atoms with Gasteiger partial charge in [0.15, 0.2) is 11.2 Å². The van der Waals surface area contributed by atoms with Gasteiger partial charge in [0.25, 0.3) is 5.56 Å². The van der Waals surface area contributed by atoms with Crippen LogP contribution in [0.5, 0.6) is 0 Å². The van der Waals surface area contributed by atoms with Gasteiger partial charge in [-0.3, -0.25) is 14.6 Å². The maximum Gasteiger partial charge on any atom is 0.323 e. The highest BCUT2D eigenvalue weighted by atomic mass is 16.5. The van der Waals surface area contributed by atoms with E-state index in [0.29, 0.717) is 18.6 Å². The standard InChI is InChI=1S/C16H26N6O4/c1-3-9(2)11(17)15(25)26-5-4-10(7-23)6-22-8-19-12-13(22)20-16(18)21-14(12)24/h8-11,23H,3-7,17H2,1-2H3,(H3,18,20,21,24)/t9?,10-,11+/m1/s1. The maximum absolute atomic E-state index is 11.9. The third kappa shape index (κ3) is 4.58. The number of hydrogen-bond donors (Lipinski definition) is 4. The highest BCUT2D eigenvalue weighted by Crippen LogP contribution is 2.13. The van der Waals surface area contributed by atoms with Crippen molar-refractivity contribution in [2.45, 2.75) is 39.3 Å². The molecule has 2 heterocycles. The number of hydrogen-bond acceptors (Lipinski definition) is 8. The third-order valence-electron chi connectivity index (χ3n) is 4.51. The Kier molecular flexibility index (Phi) is 6.70. The Morgan fingerprint density at radius 1 is 1.50 bits per heavy atom. The van der Waals surface area contributed by atoms with Crippen molar-refractivity contribution in [1.82, 2.24) is 19.5 Å². The van der Waals surface area contributed by atoms with Gasteiger partial charge in [-0.25, -0.2) is 4.98 Å². The van der Waals surface area contributed by atoms with Crippen LogP contribution in [0, 0.1) is 11.8 Å². The topological polar surface area (TPSA) is 162 Å². The molecule has 0 saturated heterocycles. The first-order chi connectivity index (χ1) is 12.4. The van der Waals surface area contributed by atoms with Crippen LogP contribution in [-0.4, -0.2) is 49.9 Å². The van der Waals surface area contributed by atoms with Crippen LogP contribution in [0.1, 0.15) is 26.7 Å². The van der Waals surface area contributed by atoms with Gasteiger partial charge in [-0.2, -0.15) is 4.98 Å². The summed E-state index contributed by atoms with van der Waals surface area (Å²) >= 11 is 0. The Hall–Kier alpha value is -2.46. The van der Waals surface area contributed by atoms with Gasteiger partial charge >= 0.3 is 5.97 Å². The number of aromatic amines is 1. The molecule has 2 aromatic rings. The number of esters is 1. The van der Waals surface area contributed by atoms with Crippen LogP contribution in [0.3, 0.4) is 0 Å². The largest absolute Gasteiger partial charge is 0.465 e. The molecule has 0 aromatic carbocycles. The van der Waals surface area contributed by atoms with E-state index in [1.54, 1.807) is 4.57 Å². The van der Waals surface area contributed by atoms with E-state index >= 15 is 0 Å². The van der Waals surface area contributed by atoms with E-state index in [2.05, 4.69) is 15.0 Å². The molecule has 6 N–H and O–H groups in total. The molecule has 3 atom stereocenters. The molecule has 0 aliphatic heterocycles. The fourth-order valence-electron chi connectivity index (χ4n) is 2.53. The summed E-state index contributed by atoms with van der Waals surface area (Å²) in [5.41, 5.74) is 11.5. The molecule has 0 bridgehead atoms. The predicted molar refractivity (Wildman–Crippen MR) is 96.1 cm³/mol. The Labute approximate surface area is 150 Å². The Bertz CT molecular complexity index is 802. The Balaban J connectivity index is 1.96. The number of rotatable bonds is 9. The van der Waals surface area contributed by atoms with Gasteiger partial charge in [-0.05, 0) is 12.3 Å². The number of nitrogens with two attached hydrogens (primary N) is 2. The Morgan fingerprint density at radius 2 is 2.23 bits per heavy atom. The summed E-state index contributed by atoms with van der Waals surface area (Å²) in [6.45, 7) is 4.25. The SMILES string of the molecule is CCC(C)[C@H](N)C(=O)OCC[C@@H](CO)Cn1cnc2c(=O)[nH]c(N)nc21. The van der Waals surface area contributed by atoms with Crippen LogP contribution in [0.25, 0.3) is 11.2 Å². The van der Waals surface area contributed by atoms with E-state index in [9.17, 15) is 14.7 Å². The first-order valence-electron chi connectivity index (χ1n) is 8.61. The number of ether oxygens (including phenoxy) is 1. The number of aliphatic hydroxyl groups excluding tert-OH is 1. The van der Waals surface area contributed by atoms with E-state index in [-0.39, 0.29) is 36.5 Å². The summed E-state index contributed by atoms with van der Waals surface area (Å²) in [6, 6.07) is -0.649. The van der Waals surface area contributed by atoms with Gasteiger partial charge in [0, 0.05) is 19.1 Å². The van der Waals surface area contributed by atoms with Crippen molar-refractivity contribution < 1.29 is 14.6 Å². The summed E-state index contributed by atoms with van der Waals surface area (Å²) in [4.78, 5) is 34.2. The number of aliphatic hydroxyl groups is 1. The molecule has 26 heavy (non-hydrogen) atoms. The molecule has 1 unspecified atom stereocenters. The van der Waals surface area contributed by atoms with Crippen molar-refractivity contribution in [2.24, 2.45) is 17.6 Å². The lowest BCUT2D eigenvalue weighted by molar-refractivity contribution is -0.147. The molecule has 0 saturated carbocycles. The lowest BCUT2D eigenvalue weighted by Crippen LogP contribution is -2.38. The molecule has 144 valence electrons. The van der Waals surface area contributed by atoms with Crippen molar-refractivity contribution in [3.05, 3.63) is 16.7 Å². The number of anilines is 1. The average molecular weight is 366 g/mol. The van der Waals surface area contributed by atoms with Crippen LogP contribution in [0.4, 0.5) is 5.95 Å². The quantitative estimate of drug-likeness (QED) is 0.436. The van der Waals surface area contributed by atoms with Crippen LogP contribution >= 0.6 is 0 Å². The summed E-state index contributed by atoms with van der Waals surface area (Å²) in [5.74, 6) is -0.603. The van der Waals surface area contributed by atoms with Crippen molar-refractivity contribution in [2.75, 3.05) is 18.9 Å². The molecule has 0 aliphatic carbocycles. The first kappa shape index (κ1) is 19.9. The number of nitrogens with zero attached hydrogens (tertiary/aromatic N) is 3. The average Bonchev–Trinajstić information content (AvgIpc) is 3.02. The maximum atomic E-state index is 11.9. The van der Waals surface area contributed by atoms with Crippen LogP contribution < -0.4 is 17.0 Å². The summed E-state index contributed by atoms with van der Waals surface area (Å²) < 4.78 is 6.86. The van der Waals surface area contributed by atoms with Gasteiger partial charge in [0.2, 0.25) is 5.95 Å². The molecule has 0 aliphatic rings. The molecule has 2 rings (SSSR count). The molecule has 0 radical (unpaired) electrons. The molecule has 0 fully saturated rings. The van der Waals surface area contributed by atoms with Gasteiger partial charge in [0.1, 0.15) is 6.04 Å². The highest BCUT2D eigenvalue weighted by molar-refractivity contribution is 5.75. The summed E-state index contributed by atoms with van der Waals surface area (Å²) in [5, 5.41) is 9.59. The number of carbonyl (C=O) groups excluding carboxylic acids is 1. The summed E-state index contributed by atoms with van der Waals surface area (Å²) in [7, 11) is 0. The lowest BCUT2D eigenvalue weighted by atomic mass is 10.0. The van der Waals surface area contributed by atoms with Gasteiger partial charge in [-0.1, -0.05) is 20.3 Å². The normalized spacial score (nSPS) is 14.9. The minimum absolute atomic E-state index is 0.00207. The number of nitrogens with one attached hydrogen (secondary N) is 1. The van der Waals surface area contributed by atoms with Gasteiger partial charge in [0.05, 0.1) is 12.9 Å². The highest BCUT2D eigenvalue weighted by Gasteiger charge is 2.21. The second kappa shape index (κ2) is 8.77. The minimum atomic E-state index is -0.649. The molecule has 2 aromatic heterocycles. The van der Waals surface area contributed by atoms with Crippen molar-refractivity contribution >= 4 is 23.1 Å². The van der Waals surface area contributed by atoms with E-state index in [1.165, 1.54) is 6.33 Å². The molecule has 0 spiro atoms. The zero-order valence-electron chi connectivity index (χ0n) is 15.0. The summed E-state index contributed by atoms with van der Waals surface area (Å²) in [6.07, 6.45) is 2.70. The zero-order chi connectivity index (χ0) is 19.3. The van der Waals surface area contributed by atoms with E-state index in [4.69, 9.17) is 16.2 Å². The van der Waals surface area contributed by atoms with Gasteiger partial charge in [-0.15, -0.1) is 0 Å². The second-order valence-corrected chi connectivity index (χ2v) is 6.44. The molecular weight excluding hydrogens is 340 g/mol. The molecule has 10 heteroatoms. The zero-order valence-corrected chi connectivity index (χ0v) is 15.0. The monoisotopic (exact) mass is 366 g/mol. The molecule has 10 nitrogen and oxygen atoms in total. The van der Waals surface area contributed by atoms with Crippen LogP contribution in [-0.2, 0) is 16.1 Å². The number of imidazole rings is 1. The fourth-order valence-corrected chi connectivity index (χ4v) is 2.53. The number of aromatic nitrogens is 4. The number of fused-ring (bicyclic) bond motifs is 1. The van der Waals surface area contributed by atoms with Crippen molar-refractivity contribution in [3.63, 3.8) is 0 Å². The van der Waals surface area contributed by atoms with Crippen molar-refractivity contribution in [3.8, 4) is 0 Å². The van der Waals surface area contributed by atoms with E-state index in [1.807, 2.05) is 13.8 Å². The molecule has 0 amide bonds. The Morgan fingerprint density at radius 3 is 2.88 bits per heavy atom. The van der Waals surface area contributed by atoms with E-state index < -0.39 is 17.6 Å². The number of nitrogen functional groups attached to an aromatic ring is 1. The first-order valence-corrected chi connectivity index (χ1v) is 8.61. The van der Waals surface area contributed by atoms with Crippen LogP contribution in [0.15, 0.2) is 11.1 Å². The third-order valence-corrected chi connectivity index (χ3v) is 4.51. The minimum Gasteiger partial charge on any atom is -0.465 e.